The Morgan fingerprint density at radius 2 is 1.74 bits per heavy atom. The highest BCUT2D eigenvalue weighted by Crippen LogP contribution is 2.32. The first-order chi connectivity index (χ1) is 20.4. The molecule has 2 amide bonds. The molecule has 3 aromatic carbocycles. The maximum absolute atomic E-state index is 13.1. The van der Waals surface area contributed by atoms with Crippen LogP contribution in [-0.2, 0) is 0 Å². The van der Waals surface area contributed by atoms with Crippen LogP contribution in [0.25, 0.3) is 6.08 Å². The number of carbonyl (C=O) groups excluding carboxylic acids is 2. The normalized spacial score (nSPS) is 14.7. The summed E-state index contributed by atoms with van der Waals surface area (Å²) < 4.78 is 0. The van der Waals surface area contributed by atoms with Gasteiger partial charge in [-0.3, -0.25) is 9.59 Å². The van der Waals surface area contributed by atoms with Crippen molar-refractivity contribution in [1.29, 1.82) is 0 Å². The fourth-order valence-electron chi connectivity index (χ4n) is 4.96. The maximum Gasteiger partial charge on any atom is 0.265 e. The second kappa shape index (κ2) is 13.5. The molecule has 3 N–H and O–H groups in total. The van der Waals surface area contributed by atoms with E-state index < -0.39 is 0 Å². The third-order valence-electron chi connectivity index (χ3n) is 7.31. The van der Waals surface area contributed by atoms with Gasteiger partial charge in [-0.1, -0.05) is 31.6 Å². The van der Waals surface area contributed by atoms with Crippen molar-refractivity contribution in [3.05, 3.63) is 106 Å². The summed E-state index contributed by atoms with van der Waals surface area (Å²) in [5.74, 6) is -0.290. The molecule has 1 aliphatic heterocycles. The Balaban J connectivity index is 1.30. The summed E-state index contributed by atoms with van der Waals surface area (Å²) in [5, 5.41) is 17.7. The lowest BCUT2D eigenvalue weighted by molar-refractivity contribution is 0.102. The summed E-state index contributed by atoms with van der Waals surface area (Å²) in [6.07, 6.45) is 6.72. The second-order valence-electron chi connectivity index (χ2n) is 10.4. The average Bonchev–Trinajstić information content (AvgIpc) is 3.70. The molecule has 4 aromatic rings. The zero-order valence-electron chi connectivity index (χ0n) is 23.9. The number of allylic oxidation sites excluding steroid dienone is 1. The number of aliphatic hydroxyl groups excluding tert-OH is 1. The first kappa shape index (κ1) is 29.1. The summed E-state index contributed by atoms with van der Waals surface area (Å²) in [5.41, 5.74) is 5.99. The molecule has 216 valence electrons. The Kier molecular flexibility index (Phi) is 9.36. The monoisotopic (exact) mass is 580 g/mol. The number of nitrogens with zero attached hydrogens (tertiary/aromatic N) is 2. The fourth-order valence-corrected chi connectivity index (χ4v) is 5.58. The van der Waals surface area contributed by atoms with E-state index >= 15 is 0 Å². The van der Waals surface area contributed by atoms with Crippen LogP contribution in [0.2, 0.25) is 0 Å². The largest absolute Gasteiger partial charge is 0.391 e. The van der Waals surface area contributed by atoms with Crippen LogP contribution >= 0.6 is 11.3 Å². The van der Waals surface area contributed by atoms with Crippen molar-refractivity contribution in [2.24, 2.45) is 0 Å². The van der Waals surface area contributed by atoms with Crippen molar-refractivity contribution < 1.29 is 14.7 Å². The Morgan fingerprint density at radius 1 is 1.00 bits per heavy atom. The van der Waals surface area contributed by atoms with Crippen LogP contribution in [0.1, 0.15) is 51.8 Å². The molecule has 0 bridgehead atoms. The Bertz CT molecular complexity index is 1530. The van der Waals surface area contributed by atoms with Gasteiger partial charge in [0.2, 0.25) is 0 Å². The van der Waals surface area contributed by atoms with Gasteiger partial charge in [-0.2, -0.15) is 0 Å². The molecule has 0 spiro atoms. The van der Waals surface area contributed by atoms with Crippen molar-refractivity contribution in [2.45, 2.75) is 32.3 Å². The van der Waals surface area contributed by atoms with Gasteiger partial charge in [0, 0.05) is 54.1 Å². The van der Waals surface area contributed by atoms with Crippen molar-refractivity contribution in [3.8, 4) is 0 Å². The van der Waals surface area contributed by atoms with E-state index in [1.54, 1.807) is 6.07 Å². The standard InChI is InChI=1S/C34H36N4O3S/c1-3-4-5-7-25-22-27(36-33(40)24-9-14-29(15-10-24)38-20-19-30(39)23-38)13-18-31(25)37(2)28-16-11-26(12-17-28)35-34(41)32-8-6-21-42-32/h5-18,21-22,30,39H,3-4,19-20,23H2,1-2H3,(H,35,41)(H,36,40)/b7-5+. The summed E-state index contributed by atoms with van der Waals surface area (Å²) >= 11 is 1.41. The summed E-state index contributed by atoms with van der Waals surface area (Å²) in [7, 11) is 2.00. The molecule has 0 aliphatic carbocycles. The lowest BCUT2D eigenvalue weighted by Gasteiger charge is -2.23. The van der Waals surface area contributed by atoms with Crippen LogP contribution in [0.5, 0.6) is 0 Å². The van der Waals surface area contributed by atoms with Crippen molar-refractivity contribution in [2.75, 3.05) is 40.6 Å². The molecule has 0 radical (unpaired) electrons. The van der Waals surface area contributed by atoms with E-state index in [9.17, 15) is 14.7 Å². The summed E-state index contributed by atoms with van der Waals surface area (Å²) in [4.78, 5) is 30.4. The van der Waals surface area contributed by atoms with Crippen LogP contribution in [0, 0.1) is 0 Å². The molecular formula is C34H36N4O3S. The van der Waals surface area contributed by atoms with Gasteiger partial charge in [0.15, 0.2) is 0 Å². The molecule has 1 unspecified atom stereocenters. The van der Waals surface area contributed by atoms with E-state index in [4.69, 9.17) is 0 Å². The predicted molar refractivity (Wildman–Crippen MR) is 174 cm³/mol. The van der Waals surface area contributed by atoms with Crippen LogP contribution < -0.4 is 20.4 Å². The number of β-amino-alcohol motifs (C(OH)–C–C–N with tert-alkyl or cyclic N) is 1. The van der Waals surface area contributed by atoms with Gasteiger partial charge in [0.1, 0.15) is 0 Å². The number of nitrogens with one attached hydrogen (secondary N) is 2. The molecule has 7 nitrogen and oxygen atoms in total. The van der Waals surface area contributed by atoms with Gasteiger partial charge in [-0.05, 0) is 96.6 Å². The Hall–Kier alpha value is -4.40. The zero-order valence-corrected chi connectivity index (χ0v) is 24.7. The minimum atomic E-state index is -0.292. The Morgan fingerprint density at radius 3 is 2.40 bits per heavy atom. The van der Waals surface area contributed by atoms with Gasteiger partial charge in [-0.25, -0.2) is 0 Å². The van der Waals surface area contributed by atoms with Crippen LogP contribution in [0.15, 0.2) is 90.3 Å². The van der Waals surface area contributed by atoms with Crippen molar-refractivity contribution in [3.63, 3.8) is 0 Å². The molecule has 1 atom stereocenters. The molecular weight excluding hydrogens is 544 g/mol. The van der Waals surface area contributed by atoms with E-state index in [-0.39, 0.29) is 17.9 Å². The van der Waals surface area contributed by atoms with E-state index in [1.807, 2.05) is 85.2 Å². The minimum absolute atomic E-state index is 0.116. The molecule has 1 aromatic heterocycles. The Labute approximate surface area is 251 Å². The molecule has 42 heavy (non-hydrogen) atoms. The van der Waals surface area contributed by atoms with Crippen LogP contribution in [-0.4, -0.2) is 43.2 Å². The second-order valence-corrected chi connectivity index (χ2v) is 11.3. The first-order valence-electron chi connectivity index (χ1n) is 14.2. The number of carbonyl (C=O) groups is 2. The van der Waals surface area contributed by atoms with Crippen molar-refractivity contribution in [1.82, 2.24) is 0 Å². The highest BCUT2D eigenvalue weighted by atomic mass is 32.1. The fraction of sp³-hybridized carbons (Fsp3) is 0.235. The predicted octanol–water partition coefficient (Wildman–Crippen LogP) is 7.40. The number of benzene rings is 3. The minimum Gasteiger partial charge on any atom is -0.391 e. The number of rotatable bonds is 10. The summed E-state index contributed by atoms with van der Waals surface area (Å²) in [6.45, 7) is 3.58. The van der Waals surface area contributed by atoms with Gasteiger partial charge < -0.3 is 25.5 Å². The highest BCUT2D eigenvalue weighted by Gasteiger charge is 2.20. The zero-order chi connectivity index (χ0) is 29.5. The number of anilines is 5. The third-order valence-corrected chi connectivity index (χ3v) is 8.18. The van der Waals surface area contributed by atoms with Crippen LogP contribution in [0.4, 0.5) is 28.4 Å². The van der Waals surface area contributed by atoms with Gasteiger partial charge in [-0.15, -0.1) is 11.3 Å². The lowest BCUT2D eigenvalue weighted by atomic mass is 10.1. The molecule has 0 saturated carbocycles. The SMILES string of the molecule is CCC/C=C/c1cc(NC(=O)c2ccc(N3CCC(O)C3)cc2)ccc1N(C)c1ccc(NC(=O)c2cccs2)cc1. The van der Waals surface area contributed by atoms with Gasteiger partial charge in [0.05, 0.1) is 11.0 Å². The van der Waals surface area contributed by atoms with Gasteiger partial charge >= 0.3 is 0 Å². The quantitative estimate of drug-likeness (QED) is 0.182. The molecule has 8 heteroatoms. The van der Waals surface area contributed by atoms with Crippen LogP contribution in [0.3, 0.4) is 0 Å². The number of hydrogen-bond donors (Lipinski definition) is 3. The highest BCUT2D eigenvalue weighted by molar-refractivity contribution is 7.12. The van der Waals surface area contributed by atoms with E-state index in [2.05, 4.69) is 39.5 Å². The summed E-state index contributed by atoms with van der Waals surface area (Å²) in [6, 6.07) is 24.9. The van der Waals surface area contributed by atoms with Crippen molar-refractivity contribution >= 4 is 57.7 Å². The molecule has 2 heterocycles. The molecule has 5 rings (SSSR count). The third kappa shape index (κ3) is 7.08. The molecule has 1 saturated heterocycles. The lowest BCUT2D eigenvalue weighted by Crippen LogP contribution is -2.21. The number of unbranched alkanes of at least 4 members (excludes halogenated alkanes) is 1. The first-order valence-corrected chi connectivity index (χ1v) is 15.1. The number of hydrogen-bond acceptors (Lipinski definition) is 6. The number of aliphatic hydroxyl groups is 1. The van der Waals surface area contributed by atoms with E-state index in [1.165, 1.54) is 11.3 Å². The molecule has 1 aliphatic rings. The molecule has 1 fully saturated rings. The van der Waals surface area contributed by atoms with E-state index in [0.717, 1.165) is 54.1 Å². The van der Waals surface area contributed by atoms with E-state index in [0.29, 0.717) is 22.7 Å². The number of thiophene rings is 1. The maximum atomic E-state index is 13.1. The number of amides is 2. The average molecular weight is 581 g/mol. The van der Waals surface area contributed by atoms with Gasteiger partial charge in [0.25, 0.3) is 11.8 Å². The smallest absolute Gasteiger partial charge is 0.265 e. The topological polar surface area (TPSA) is 84.9 Å².